The Morgan fingerprint density at radius 3 is 2.36 bits per heavy atom. The molecular weight excluding hydrogens is 422 g/mol. The lowest BCUT2D eigenvalue weighted by Gasteiger charge is -2.22. The number of hydrogen-bond acceptors (Lipinski definition) is 5. The summed E-state index contributed by atoms with van der Waals surface area (Å²) in [7, 11) is 0. The Kier molecular flexibility index (Phi) is 7.80. The van der Waals surface area contributed by atoms with Crippen LogP contribution < -0.4 is 20.9 Å². The van der Waals surface area contributed by atoms with Crippen molar-refractivity contribution in [3.05, 3.63) is 71.9 Å². The van der Waals surface area contributed by atoms with Crippen molar-refractivity contribution in [2.75, 3.05) is 6.61 Å². The summed E-state index contributed by atoms with van der Waals surface area (Å²) in [6, 6.07) is 16.9. The molecule has 0 saturated carbocycles. The highest BCUT2D eigenvalue weighted by Gasteiger charge is 2.26. The van der Waals surface area contributed by atoms with E-state index >= 15 is 0 Å². The second kappa shape index (κ2) is 10.9. The van der Waals surface area contributed by atoms with Crippen LogP contribution in [0.3, 0.4) is 0 Å². The van der Waals surface area contributed by atoms with Gasteiger partial charge in [0.15, 0.2) is 0 Å². The minimum atomic E-state index is -0.880. The van der Waals surface area contributed by atoms with Crippen LogP contribution in [0.5, 0.6) is 5.75 Å². The molecule has 0 saturated heterocycles. The van der Waals surface area contributed by atoms with Gasteiger partial charge in [-0.1, -0.05) is 56.3 Å². The number of amides is 3. The fourth-order valence-electron chi connectivity index (χ4n) is 3.15. The first-order chi connectivity index (χ1) is 15.9. The van der Waals surface area contributed by atoms with Crippen LogP contribution in [-0.4, -0.2) is 40.6 Å². The number of aromatic amines is 1. The van der Waals surface area contributed by atoms with Crippen molar-refractivity contribution in [3.8, 4) is 17.0 Å². The van der Waals surface area contributed by atoms with E-state index < -0.39 is 23.8 Å². The molecule has 0 spiro atoms. The molecule has 172 valence electrons. The third kappa shape index (κ3) is 5.97. The zero-order valence-electron chi connectivity index (χ0n) is 18.7. The molecule has 3 rings (SSSR count). The molecule has 4 N–H and O–H groups in total. The Hall–Kier alpha value is -4.14. The van der Waals surface area contributed by atoms with Gasteiger partial charge in [-0.2, -0.15) is 5.10 Å². The van der Waals surface area contributed by atoms with Gasteiger partial charge in [-0.15, -0.1) is 0 Å². The van der Waals surface area contributed by atoms with Crippen LogP contribution in [0.4, 0.5) is 0 Å². The molecule has 9 nitrogen and oxygen atoms in total. The first-order valence-corrected chi connectivity index (χ1v) is 10.6. The predicted octanol–water partition coefficient (Wildman–Crippen LogP) is 2.69. The summed E-state index contributed by atoms with van der Waals surface area (Å²) in [5.41, 5.74) is 6.70. The Bertz CT molecular complexity index is 1110. The third-order valence-corrected chi connectivity index (χ3v) is 4.86. The number of hydrogen-bond donors (Lipinski definition) is 4. The molecule has 3 amide bonds. The third-order valence-electron chi connectivity index (χ3n) is 4.86. The number of nitrogens with zero attached hydrogens (tertiary/aromatic N) is 1. The van der Waals surface area contributed by atoms with E-state index in [1.54, 1.807) is 44.2 Å². The van der Waals surface area contributed by atoms with E-state index in [1.165, 1.54) is 0 Å². The maximum atomic E-state index is 12.8. The van der Waals surface area contributed by atoms with Gasteiger partial charge in [-0.25, -0.2) is 0 Å². The summed E-state index contributed by atoms with van der Waals surface area (Å²) in [4.78, 5) is 38.0. The van der Waals surface area contributed by atoms with E-state index in [2.05, 4.69) is 26.4 Å². The number of carbonyl (C=O) groups is 3. The van der Waals surface area contributed by atoms with E-state index in [-0.39, 0.29) is 11.6 Å². The van der Waals surface area contributed by atoms with Crippen LogP contribution in [0.25, 0.3) is 11.3 Å². The van der Waals surface area contributed by atoms with Gasteiger partial charge < -0.3 is 10.1 Å². The predicted molar refractivity (Wildman–Crippen MR) is 123 cm³/mol. The van der Waals surface area contributed by atoms with E-state index in [1.807, 2.05) is 37.3 Å². The van der Waals surface area contributed by atoms with Gasteiger partial charge in [0.25, 0.3) is 17.7 Å². The number of carbonyl (C=O) groups excluding carboxylic acids is 3. The van der Waals surface area contributed by atoms with Crippen molar-refractivity contribution in [2.24, 2.45) is 5.92 Å². The molecule has 0 aliphatic rings. The van der Waals surface area contributed by atoms with Crippen molar-refractivity contribution in [2.45, 2.75) is 26.8 Å². The van der Waals surface area contributed by atoms with Gasteiger partial charge in [0.2, 0.25) is 0 Å². The molecule has 1 aromatic heterocycles. The lowest BCUT2D eigenvalue weighted by Crippen LogP contribution is -2.54. The van der Waals surface area contributed by atoms with Crippen molar-refractivity contribution in [3.63, 3.8) is 0 Å². The standard InChI is InChI=1S/C24H27N5O4/c1-4-33-20-13-9-8-12-17(20)22(30)25-21(15(2)3)24(32)29-28-23(31)19-14-18(26-27-19)16-10-6-5-7-11-16/h5-15,21H,4H2,1-3H3,(H,25,30)(H,26,27)(H,28,31)(H,29,32)/t21-/m0/s1. The zero-order chi connectivity index (χ0) is 23.8. The molecule has 0 unspecified atom stereocenters. The molecule has 0 fully saturated rings. The average molecular weight is 450 g/mol. The van der Waals surface area contributed by atoms with Gasteiger partial charge in [0.1, 0.15) is 17.5 Å². The van der Waals surface area contributed by atoms with Crippen molar-refractivity contribution >= 4 is 17.7 Å². The van der Waals surface area contributed by atoms with Gasteiger partial charge in [-0.05, 0) is 31.0 Å². The maximum absolute atomic E-state index is 12.8. The highest BCUT2D eigenvalue weighted by atomic mass is 16.5. The molecule has 1 atom stereocenters. The van der Waals surface area contributed by atoms with Crippen LogP contribution in [0.15, 0.2) is 60.7 Å². The molecule has 2 aromatic carbocycles. The second-order valence-electron chi connectivity index (χ2n) is 7.60. The highest BCUT2D eigenvalue weighted by molar-refractivity contribution is 6.00. The Morgan fingerprint density at radius 1 is 0.970 bits per heavy atom. The first-order valence-electron chi connectivity index (χ1n) is 10.6. The minimum absolute atomic E-state index is 0.185. The van der Waals surface area contributed by atoms with Gasteiger partial charge in [-0.3, -0.25) is 30.3 Å². The number of H-pyrrole nitrogens is 1. The lowest BCUT2D eigenvalue weighted by atomic mass is 10.0. The fraction of sp³-hybridized carbons (Fsp3) is 0.250. The summed E-state index contributed by atoms with van der Waals surface area (Å²) in [6.45, 7) is 5.82. The van der Waals surface area contributed by atoms with Crippen LogP contribution in [0.2, 0.25) is 0 Å². The largest absolute Gasteiger partial charge is 0.493 e. The normalized spacial score (nSPS) is 11.5. The maximum Gasteiger partial charge on any atom is 0.287 e. The number of rotatable bonds is 8. The minimum Gasteiger partial charge on any atom is -0.493 e. The van der Waals surface area contributed by atoms with Crippen LogP contribution in [0.1, 0.15) is 41.6 Å². The van der Waals surface area contributed by atoms with Crippen LogP contribution >= 0.6 is 0 Å². The van der Waals surface area contributed by atoms with Crippen molar-refractivity contribution < 1.29 is 19.1 Å². The van der Waals surface area contributed by atoms with Crippen molar-refractivity contribution in [1.29, 1.82) is 0 Å². The molecule has 9 heteroatoms. The van der Waals surface area contributed by atoms with Crippen LogP contribution in [-0.2, 0) is 4.79 Å². The Morgan fingerprint density at radius 2 is 1.67 bits per heavy atom. The van der Waals surface area contributed by atoms with Gasteiger partial charge in [0, 0.05) is 5.56 Å². The number of benzene rings is 2. The molecule has 0 radical (unpaired) electrons. The quantitative estimate of drug-likeness (QED) is 0.394. The second-order valence-corrected chi connectivity index (χ2v) is 7.60. The number of nitrogens with one attached hydrogen (secondary N) is 4. The first kappa shape index (κ1) is 23.5. The number of hydrazine groups is 1. The molecule has 33 heavy (non-hydrogen) atoms. The van der Waals surface area contributed by atoms with Crippen LogP contribution in [0, 0.1) is 5.92 Å². The number of para-hydroxylation sites is 1. The average Bonchev–Trinajstić information content (AvgIpc) is 3.32. The SMILES string of the molecule is CCOc1ccccc1C(=O)N[C@H](C(=O)NNC(=O)c1cc(-c2ccccc2)n[nH]1)C(C)C. The fourth-order valence-corrected chi connectivity index (χ4v) is 3.15. The Balaban J connectivity index is 1.62. The molecule has 3 aromatic rings. The molecule has 0 aliphatic heterocycles. The lowest BCUT2D eigenvalue weighted by molar-refractivity contribution is -0.124. The number of aromatic nitrogens is 2. The molecule has 0 bridgehead atoms. The van der Waals surface area contributed by atoms with E-state index in [9.17, 15) is 14.4 Å². The topological polar surface area (TPSA) is 125 Å². The molecular formula is C24H27N5O4. The van der Waals surface area contributed by atoms with Gasteiger partial charge >= 0.3 is 0 Å². The monoisotopic (exact) mass is 449 g/mol. The smallest absolute Gasteiger partial charge is 0.287 e. The van der Waals surface area contributed by atoms with Crippen molar-refractivity contribution in [1.82, 2.24) is 26.4 Å². The van der Waals surface area contributed by atoms with E-state index in [0.717, 1.165) is 5.56 Å². The summed E-state index contributed by atoms with van der Waals surface area (Å²) in [5.74, 6) is -1.36. The van der Waals surface area contributed by atoms with E-state index in [4.69, 9.17) is 4.74 Å². The summed E-state index contributed by atoms with van der Waals surface area (Å²) in [5, 5.41) is 9.50. The van der Waals surface area contributed by atoms with E-state index in [0.29, 0.717) is 23.6 Å². The molecule has 0 aliphatic carbocycles. The number of ether oxygens (including phenoxy) is 1. The highest BCUT2D eigenvalue weighted by Crippen LogP contribution is 2.19. The summed E-state index contributed by atoms with van der Waals surface area (Å²) < 4.78 is 5.49. The summed E-state index contributed by atoms with van der Waals surface area (Å²) >= 11 is 0. The molecule has 1 heterocycles. The Labute approximate surface area is 191 Å². The zero-order valence-corrected chi connectivity index (χ0v) is 18.7. The summed E-state index contributed by atoms with van der Waals surface area (Å²) in [6.07, 6.45) is 0. The van der Waals surface area contributed by atoms with Gasteiger partial charge in [0.05, 0.1) is 17.9 Å².